The van der Waals surface area contributed by atoms with Gasteiger partial charge >= 0.3 is 58.4 Å². The monoisotopic (exact) mass is 276 g/mol. The zero-order chi connectivity index (χ0) is 12.2. The molecule has 0 aliphatic heterocycles. The average Bonchev–Trinajstić information content (AvgIpc) is 2.19. The van der Waals surface area contributed by atoms with Crippen molar-refractivity contribution in [2.75, 3.05) is 13.4 Å². The molecule has 0 aliphatic rings. The Morgan fingerprint density at radius 2 is 1.88 bits per heavy atom. The molecule has 2 nitrogen and oxygen atoms in total. The van der Waals surface area contributed by atoms with E-state index in [4.69, 9.17) is 9.47 Å². The van der Waals surface area contributed by atoms with E-state index in [1.807, 2.05) is 0 Å². The van der Waals surface area contributed by atoms with Gasteiger partial charge in [0.25, 0.3) is 0 Å². The first-order valence-corrected chi connectivity index (χ1v) is 4.65. The molecule has 1 rings (SSSR count). The fourth-order valence-corrected chi connectivity index (χ4v) is 1.10. The van der Waals surface area contributed by atoms with Crippen LogP contribution in [0.5, 0.6) is 5.75 Å². The molecule has 1 aromatic rings. The molecule has 17 heavy (non-hydrogen) atoms. The van der Waals surface area contributed by atoms with Crippen LogP contribution in [-0.2, 0) is 4.74 Å². The Hall–Kier alpha value is 0.401. The number of rotatable bonds is 5. The van der Waals surface area contributed by atoms with E-state index in [0.29, 0.717) is 12.7 Å². The minimum atomic E-state index is -5.30. The summed E-state index contributed by atoms with van der Waals surface area (Å²) in [6.45, 7) is -3.58. The molecule has 0 amide bonds. The minimum Gasteiger partial charge on any atom is -0.471 e. The zero-order valence-electron chi connectivity index (χ0n) is 9.55. The van der Waals surface area contributed by atoms with Crippen LogP contribution in [-0.4, -0.2) is 20.4 Å². The van der Waals surface area contributed by atoms with Gasteiger partial charge in [-0.05, 0) is 25.1 Å². The quantitative estimate of drug-likeness (QED) is 0.305. The largest absolute Gasteiger partial charge is 1.00 e. The molecule has 8 heteroatoms. The Kier molecular flexibility index (Phi) is 7.94. The van der Waals surface area contributed by atoms with Crippen LogP contribution in [0, 0.1) is 5.82 Å². The van der Waals surface area contributed by atoms with Crippen molar-refractivity contribution < 1.29 is 78.2 Å². The van der Waals surface area contributed by atoms with Gasteiger partial charge in [-0.1, -0.05) is 5.46 Å². The van der Waals surface area contributed by atoms with Crippen molar-refractivity contribution in [3.63, 3.8) is 0 Å². The third-order valence-corrected chi connectivity index (χ3v) is 1.83. The van der Waals surface area contributed by atoms with E-state index in [1.54, 1.807) is 6.92 Å². The van der Waals surface area contributed by atoms with Gasteiger partial charge in [-0.15, -0.1) is 0 Å². The summed E-state index contributed by atoms with van der Waals surface area (Å²) >= 11 is 0. The van der Waals surface area contributed by atoms with E-state index in [1.165, 1.54) is 0 Å². The zero-order valence-corrected chi connectivity index (χ0v) is 12.7. The fourth-order valence-electron chi connectivity index (χ4n) is 1.10. The second-order valence-electron chi connectivity index (χ2n) is 3.01. The second kappa shape index (κ2) is 7.75. The van der Waals surface area contributed by atoms with Crippen molar-refractivity contribution in [2.24, 2.45) is 0 Å². The number of halogens is 4. The molecule has 0 radical (unpaired) electrons. The normalized spacial score (nSPS) is 10.9. The van der Waals surface area contributed by atoms with Gasteiger partial charge in [0, 0.05) is 6.61 Å². The molecule has 0 aliphatic carbocycles. The van der Waals surface area contributed by atoms with E-state index < -0.39 is 24.0 Å². The fraction of sp³-hybridized carbons (Fsp3) is 0.333. The van der Waals surface area contributed by atoms with Gasteiger partial charge in [0.15, 0.2) is 6.79 Å². The average molecular weight is 276 g/mol. The number of ether oxygens (including phenoxy) is 2. The maximum atomic E-state index is 12.7. The molecule has 1 aromatic carbocycles. The van der Waals surface area contributed by atoms with Crippen LogP contribution < -0.4 is 61.6 Å². The van der Waals surface area contributed by atoms with Crippen LogP contribution in [0.25, 0.3) is 0 Å². The summed E-state index contributed by atoms with van der Waals surface area (Å²) in [4.78, 5) is 0. The molecule has 0 N–H and O–H groups in total. The standard InChI is InChI=1S/C9H10BF4O2.K/c1-2-15-6-16-9-4-3-7(11)5-8(9)10(12,13)14;/h3-5H,2,6H2,1H3;/q-1;+1. The SMILES string of the molecule is CCOCOc1ccc(F)cc1[B-](F)(F)F.[K+]. The van der Waals surface area contributed by atoms with Crippen molar-refractivity contribution in [2.45, 2.75) is 6.92 Å². The third kappa shape index (κ3) is 5.71. The van der Waals surface area contributed by atoms with E-state index in [-0.39, 0.29) is 58.2 Å². The van der Waals surface area contributed by atoms with Gasteiger partial charge in [-0.3, -0.25) is 0 Å². The molecule has 0 aromatic heterocycles. The molecule has 0 spiro atoms. The second-order valence-corrected chi connectivity index (χ2v) is 3.01. The molecule has 0 atom stereocenters. The molecule has 0 unspecified atom stereocenters. The summed E-state index contributed by atoms with van der Waals surface area (Å²) in [6, 6.07) is 2.27. The summed E-state index contributed by atoms with van der Waals surface area (Å²) < 4.78 is 59.8. The first-order valence-electron chi connectivity index (χ1n) is 4.65. The predicted molar refractivity (Wildman–Crippen MR) is 52.2 cm³/mol. The molecule has 0 bridgehead atoms. The Labute approximate surface area is 139 Å². The maximum absolute atomic E-state index is 12.7. The Morgan fingerprint density at radius 3 is 2.41 bits per heavy atom. The molecule has 90 valence electrons. The van der Waals surface area contributed by atoms with Crippen LogP contribution >= 0.6 is 0 Å². The summed E-state index contributed by atoms with van der Waals surface area (Å²) in [5, 5.41) is 0. The molecule has 0 saturated heterocycles. The van der Waals surface area contributed by atoms with Crippen molar-refractivity contribution in [3.05, 3.63) is 24.0 Å². The smallest absolute Gasteiger partial charge is 0.471 e. The van der Waals surface area contributed by atoms with Gasteiger partial charge in [0.05, 0.1) is 5.75 Å². The molecular weight excluding hydrogens is 266 g/mol. The number of hydrogen-bond acceptors (Lipinski definition) is 2. The van der Waals surface area contributed by atoms with E-state index in [0.717, 1.165) is 12.1 Å². The van der Waals surface area contributed by atoms with Crippen molar-refractivity contribution in [1.82, 2.24) is 0 Å². The molecule has 0 heterocycles. The van der Waals surface area contributed by atoms with Crippen molar-refractivity contribution in [3.8, 4) is 5.75 Å². The minimum absolute atomic E-state index is 0. The van der Waals surface area contributed by atoms with E-state index in [9.17, 15) is 17.3 Å². The third-order valence-electron chi connectivity index (χ3n) is 1.83. The van der Waals surface area contributed by atoms with Crippen LogP contribution in [0.3, 0.4) is 0 Å². The molecule has 0 saturated carbocycles. The molecular formula is C9H10BF4KO2. The predicted octanol–water partition coefficient (Wildman–Crippen LogP) is -0.743. The Balaban J connectivity index is 0.00000256. The summed E-state index contributed by atoms with van der Waals surface area (Å²) in [7, 11) is 0. The van der Waals surface area contributed by atoms with E-state index >= 15 is 0 Å². The topological polar surface area (TPSA) is 18.5 Å². The summed E-state index contributed by atoms with van der Waals surface area (Å²) in [5.41, 5.74) is -1.08. The molecule has 0 fully saturated rings. The van der Waals surface area contributed by atoms with Gasteiger partial charge in [0.2, 0.25) is 0 Å². The van der Waals surface area contributed by atoms with E-state index in [2.05, 4.69) is 0 Å². The first-order chi connectivity index (χ1) is 7.45. The van der Waals surface area contributed by atoms with Gasteiger partial charge in [0.1, 0.15) is 5.82 Å². The van der Waals surface area contributed by atoms with Crippen LogP contribution in [0.15, 0.2) is 18.2 Å². The number of hydrogen-bond donors (Lipinski definition) is 0. The van der Waals surface area contributed by atoms with Gasteiger partial charge in [-0.2, -0.15) is 0 Å². The Morgan fingerprint density at radius 1 is 1.24 bits per heavy atom. The maximum Gasteiger partial charge on any atom is 1.00 e. The summed E-state index contributed by atoms with van der Waals surface area (Å²) in [6.07, 6.45) is 0. The first kappa shape index (κ1) is 17.4. The Bertz CT molecular complexity index is 359. The van der Waals surface area contributed by atoms with Crippen LogP contribution in [0.2, 0.25) is 0 Å². The number of benzene rings is 1. The van der Waals surface area contributed by atoms with Crippen LogP contribution in [0.1, 0.15) is 6.92 Å². The summed E-state index contributed by atoms with van der Waals surface area (Å²) in [5.74, 6) is -1.36. The van der Waals surface area contributed by atoms with Crippen LogP contribution in [0.4, 0.5) is 17.3 Å². The van der Waals surface area contributed by atoms with Crippen molar-refractivity contribution in [1.29, 1.82) is 0 Å². The van der Waals surface area contributed by atoms with Gasteiger partial charge < -0.3 is 22.4 Å². The van der Waals surface area contributed by atoms with Gasteiger partial charge in [-0.25, -0.2) is 4.39 Å². The van der Waals surface area contributed by atoms with Crippen molar-refractivity contribution >= 4 is 12.4 Å².